The quantitative estimate of drug-likeness (QED) is 0.302. The number of aliphatic carboxylic acids is 1. The number of carboxylic acid groups (broad SMARTS) is 1. The number of halogens is 1. The van der Waals surface area contributed by atoms with Gasteiger partial charge in [-0.15, -0.1) is 0 Å². The van der Waals surface area contributed by atoms with E-state index in [9.17, 15) is 14.3 Å². The lowest BCUT2D eigenvalue weighted by atomic mass is 9.81. The maximum absolute atomic E-state index is 13.4. The summed E-state index contributed by atoms with van der Waals surface area (Å²) < 4.78 is 26.0. The molecule has 1 aromatic heterocycles. The summed E-state index contributed by atoms with van der Waals surface area (Å²) in [5.41, 5.74) is 6.82. The number of fused-ring (bicyclic) bond motifs is 1. The van der Waals surface area contributed by atoms with Crippen LogP contribution >= 0.6 is 0 Å². The van der Waals surface area contributed by atoms with Gasteiger partial charge in [0.25, 0.3) is 0 Å². The van der Waals surface area contributed by atoms with Gasteiger partial charge in [-0.25, -0.2) is 9.18 Å². The smallest absolute Gasteiger partial charge is 0.337 e. The molecule has 1 saturated heterocycles. The molecule has 3 heterocycles. The standard InChI is InChI=1S/C36H45FN2O4/c1-22-30(26-11-15-29-25(21-26)10-14-28(42-29)20-24-8-12-27(37)13-9-24)32(39-18-16-36(6,7)17-19-39)31(23(2)38-22)33(34(40)41)43-35(3,4)5/h8-9,11-13,15,21,28,33H,10,14,16-20H2,1-7H3,(H,40,41)/t28-,33+/m1/s1. The first-order valence-electron chi connectivity index (χ1n) is 15.4. The van der Waals surface area contributed by atoms with Crippen LogP contribution in [0.25, 0.3) is 11.1 Å². The van der Waals surface area contributed by atoms with Gasteiger partial charge in [0, 0.05) is 42.0 Å². The molecule has 0 unspecified atom stereocenters. The molecule has 43 heavy (non-hydrogen) atoms. The lowest BCUT2D eigenvalue weighted by Crippen LogP contribution is -2.39. The molecule has 0 aliphatic carbocycles. The number of hydrogen-bond donors (Lipinski definition) is 1. The Hall–Kier alpha value is -3.45. The Kier molecular flexibility index (Phi) is 8.59. The molecule has 1 fully saturated rings. The minimum atomic E-state index is -1.15. The summed E-state index contributed by atoms with van der Waals surface area (Å²) in [4.78, 5) is 20.0. The number of carbonyl (C=O) groups is 1. The van der Waals surface area contributed by atoms with E-state index in [2.05, 4.69) is 30.9 Å². The second-order valence-electron chi connectivity index (χ2n) is 14.0. The average Bonchev–Trinajstić information content (AvgIpc) is 2.92. The number of anilines is 1. The minimum Gasteiger partial charge on any atom is -0.490 e. The first kappa shape index (κ1) is 31.0. The molecule has 2 aliphatic rings. The Balaban J connectivity index is 1.56. The van der Waals surface area contributed by atoms with E-state index in [0.717, 1.165) is 84.6 Å². The Morgan fingerprint density at radius 2 is 1.79 bits per heavy atom. The summed E-state index contributed by atoms with van der Waals surface area (Å²) in [6.07, 6.45) is 3.35. The molecule has 0 spiro atoms. The lowest BCUT2D eigenvalue weighted by Gasteiger charge is -2.41. The van der Waals surface area contributed by atoms with E-state index in [1.54, 1.807) is 0 Å². The SMILES string of the molecule is Cc1nc(C)c([C@H](OC(C)(C)C)C(=O)O)c(N2CCC(C)(C)CC2)c1-c1ccc2c(c1)CC[C@H](Cc1ccc(F)cc1)O2. The average molecular weight is 589 g/mol. The Bertz CT molecular complexity index is 1480. The lowest BCUT2D eigenvalue weighted by molar-refractivity contribution is -0.160. The first-order chi connectivity index (χ1) is 20.2. The van der Waals surface area contributed by atoms with Crippen molar-refractivity contribution in [2.24, 2.45) is 5.41 Å². The number of benzene rings is 2. The number of ether oxygens (including phenoxy) is 2. The first-order valence-corrected chi connectivity index (χ1v) is 15.4. The van der Waals surface area contributed by atoms with Gasteiger partial charge in [-0.05, 0) is 107 Å². The number of aryl methyl sites for hydroxylation is 3. The second-order valence-corrected chi connectivity index (χ2v) is 14.0. The van der Waals surface area contributed by atoms with Crippen LogP contribution in [0.15, 0.2) is 42.5 Å². The molecule has 5 rings (SSSR count). The summed E-state index contributed by atoms with van der Waals surface area (Å²) in [5.74, 6) is -0.387. The minimum absolute atomic E-state index is 0.0244. The predicted octanol–water partition coefficient (Wildman–Crippen LogP) is 8.01. The van der Waals surface area contributed by atoms with Crippen molar-refractivity contribution in [2.45, 2.75) is 98.4 Å². The van der Waals surface area contributed by atoms with Crippen LogP contribution in [0.5, 0.6) is 5.75 Å². The highest BCUT2D eigenvalue weighted by Crippen LogP contribution is 2.46. The molecule has 2 aromatic carbocycles. The maximum atomic E-state index is 13.4. The third-order valence-electron chi connectivity index (χ3n) is 8.73. The topological polar surface area (TPSA) is 71.9 Å². The van der Waals surface area contributed by atoms with E-state index in [0.29, 0.717) is 11.3 Å². The maximum Gasteiger partial charge on any atom is 0.337 e. The fourth-order valence-electron chi connectivity index (χ4n) is 6.38. The van der Waals surface area contributed by atoms with Gasteiger partial charge in [0.05, 0.1) is 11.3 Å². The van der Waals surface area contributed by atoms with Crippen LogP contribution in [0.2, 0.25) is 0 Å². The van der Waals surface area contributed by atoms with Crippen molar-refractivity contribution in [3.63, 3.8) is 0 Å². The van der Waals surface area contributed by atoms with E-state index in [1.165, 1.54) is 12.1 Å². The second kappa shape index (κ2) is 11.9. The zero-order valence-corrected chi connectivity index (χ0v) is 26.6. The van der Waals surface area contributed by atoms with Crippen molar-refractivity contribution in [3.8, 4) is 16.9 Å². The molecule has 6 nitrogen and oxygen atoms in total. The summed E-state index contributed by atoms with van der Waals surface area (Å²) in [7, 11) is 0. The molecule has 0 saturated carbocycles. The zero-order valence-electron chi connectivity index (χ0n) is 26.6. The molecule has 0 amide bonds. The highest BCUT2D eigenvalue weighted by atomic mass is 19.1. The highest BCUT2D eigenvalue weighted by Gasteiger charge is 2.36. The molecule has 3 aromatic rings. The largest absolute Gasteiger partial charge is 0.490 e. The molecule has 0 bridgehead atoms. The number of rotatable bonds is 7. The van der Waals surface area contributed by atoms with Gasteiger partial charge in [-0.1, -0.05) is 32.0 Å². The van der Waals surface area contributed by atoms with Crippen LogP contribution in [-0.4, -0.2) is 40.9 Å². The van der Waals surface area contributed by atoms with E-state index in [-0.39, 0.29) is 17.3 Å². The van der Waals surface area contributed by atoms with Crippen molar-refractivity contribution in [1.82, 2.24) is 4.98 Å². The Morgan fingerprint density at radius 3 is 2.42 bits per heavy atom. The van der Waals surface area contributed by atoms with Crippen molar-refractivity contribution in [3.05, 3.63) is 76.4 Å². The van der Waals surface area contributed by atoms with Crippen LogP contribution in [0.1, 0.15) is 88.1 Å². The monoisotopic (exact) mass is 588 g/mol. The summed E-state index contributed by atoms with van der Waals surface area (Å²) >= 11 is 0. The van der Waals surface area contributed by atoms with Gasteiger partial charge >= 0.3 is 5.97 Å². The third kappa shape index (κ3) is 7.04. The highest BCUT2D eigenvalue weighted by molar-refractivity contribution is 5.88. The Morgan fingerprint density at radius 1 is 1.12 bits per heavy atom. The van der Waals surface area contributed by atoms with Crippen LogP contribution in [-0.2, 0) is 22.4 Å². The van der Waals surface area contributed by atoms with Gasteiger partial charge in [-0.3, -0.25) is 4.98 Å². The number of nitrogens with zero attached hydrogens (tertiary/aromatic N) is 2. The molecule has 230 valence electrons. The van der Waals surface area contributed by atoms with Crippen LogP contribution < -0.4 is 9.64 Å². The molecular weight excluding hydrogens is 543 g/mol. The number of aromatic nitrogens is 1. The Labute approximate surface area is 255 Å². The van der Waals surface area contributed by atoms with E-state index >= 15 is 0 Å². The molecule has 0 radical (unpaired) electrons. The van der Waals surface area contributed by atoms with Crippen LogP contribution in [0, 0.1) is 25.1 Å². The predicted molar refractivity (Wildman–Crippen MR) is 168 cm³/mol. The van der Waals surface area contributed by atoms with Gasteiger partial charge in [0.1, 0.15) is 17.7 Å². The molecule has 2 atom stereocenters. The fraction of sp³-hybridized carbons (Fsp3) is 0.500. The van der Waals surface area contributed by atoms with E-state index in [1.807, 2.05) is 52.8 Å². The van der Waals surface area contributed by atoms with Gasteiger partial charge < -0.3 is 19.5 Å². The van der Waals surface area contributed by atoms with Gasteiger partial charge in [0.15, 0.2) is 6.10 Å². The van der Waals surface area contributed by atoms with Crippen molar-refractivity contribution in [2.75, 3.05) is 18.0 Å². The molecular formula is C36H45FN2O4. The van der Waals surface area contributed by atoms with Crippen molar-refractivity contribution < 1.29 is 23.8 Å². The molecule has 2 aliphatic heterocycles. The summed E-state index contributed by atoms with van der Waals surface area (Å²) in [6.45, 7) is 15.8. The van der Waals surface area contributed by atoms with Crippen molar-refractivity contribution >= 4 is 11.7 Å². The van der Waals surface area contributed by atoms with E-state index < -0.39 is 17.7 Å². The van der Waals surface area contributed by atoms with Gasteiger partial charge in [0.2, 0.25) is 0 Å². The normalized spacial score (nSPS) is 19.0. The zero-order chi connectivity index (χ0) is 31.1. The van der Waals surface area contributed by atoms with Gasteiger partial charge in [-0.2, -0.15) is 0 Å². The number of carboxylic acids is 1. The third-order valence-corrected chi connectivity index (χ3v) is 8.73. The summed E-state index contributed by atoms with van der Waals surface area (Å²) in [6, 6.07) is 12.9. The fourth-order valence-corrected chi connectivity index (χ4v) is 6.38. The van der Waals surface area contributed by atoms with Crippen LogP contribution in [0.3, 0.4) is 0 Å². The number of piperidine rings is 1. The molecule has 1 N–H and O–H groups in total. The van der Waals surface area contributed by atoms with E-state index in [4.69, 9.17) is 14.5 Å². The van der Waals surface area contributed by atoms with Crippen LogP contribution in [0.4, 0.5) is 10.1 Å². The number of pyridine rings is 1. The van der Waals surface area contributed by atoms with Crippen molar-refractivity contribution in [1.29, 1.82) is 0 Å². The summed E-state index contributed by atoms with van der Waals surface area (Å²) in [5, 5.41) is 10.4. The molecule has 7 heteroatoms. The number of hydrogen-bond acceptors (Lipinski definition) is 5.